The van der Waals surface area contributed by atoms with Crippen molar-refractivity contribution in [3.8, 4) is 5.75 Å². The Kier molecular flexibility index (Phi) is 19.5. The summed E-state index contributed by atoms with van der Waals surface area (Å²) in [6, 6.07) is 2.78. The van der Waals surface area contributed by atoms with E-state index in [0.29, 0.717) is 17.2 Å². The van der Waals surface area contributed by atoms with Crippen molar-refractivity contribution in [1.29, 1.82) is 0 Å². The number of phenolic OH excluding ortho intramolecular Hbond substituents is 1. The Hall–Kier alpha value is -2.52. The molecule has 0 atom stereocenters. The Bertz CT molecular complexity index is 3250. The van der Waals surface area contributed by atoms with Crippen molar-refractivity contribution >= 4 is 97.3 Å². The van der Waals surface area contributed by atoms with Gasteiger partial charge in [-0.25, -0.2) is 33.7 Å². The third-order valence-corrected chi connectivity index (χ3v) is 12.3. The number of allylic oxidation sites excluding steroid dienone is 9. The number of ketones is 1. The van der Waals surface area contributed by atoms with Crippen molar-refractivity contribution in [2.24, 2.45) is 15.3 Å². The fourth-order valence-electron chi connectivity index (χ4n) is 6.02. The van der Waals surface area contributed by atoms with Crippen LogP contribution in [0.4, 0.5) is 17.1 Å². The smallest absolute Gasteiger partial charge is 0.744 e. The summed E-state index contributed by atoms with van der Waals surface area (Å²) in [4.78, 5) is 8.57. The van der Waals surface area contributed by atoms with Crippen LogP contribution in [-0.2, 0) is 49.9 Å². The number of carbonyl (C=O) groups excluding carboxylic acids is 1. The number of nitrogens with zero attached hydrogens (tertiary/aromatic N) is 3. The van der Waals surface area contributed by atoms with E-state index < -0.39 is 111 Å². The molecule has 0 amide bonds. The molecule has 0 fully saturated rings. The Morgan fingerprint density at radius 1 is 0.609 bits per heavy atom. The molecule has 314 valence electrons. The van der Waals surface area contributed by atoms with Crippen LogP contribution in [-0.4, -0.2) is 94.1 Å². The van der Waals surface area contributed by atoms with Gasteiger partial charge in [0.15, 0.2) is 5.75 Å². The molecule has 64 heavy (non-hydrogen) atoms. The summed E-state index contributed by atoms with van der Waals surface area (Å²) in [5, 5.41) is 22.0. The molecule has 0 aromatic heterocycles. The first kappa shape index (κ1) is 57.6. The Morgan fingerprint density at radius 3 is 1.58 bits per heavy atom. The number of hydrogen-bond donors (Lipinski definition) is 4. The van der Waals surface area contributed by atoms with Gasteiger partial charge < -0.3 is 44.3 Å². The maximum absolute atomic E-state index is 13.3. The van der Waals surface area contributed by atoms with Gasteiger partial charge in [0.1, 0.15) is 69.1 Å². The second-order valence-electron chi connectivity index (χ2n) is 12.3. The SMILES string of the molecule is COC1=CC(=C2C=CC(=NNc3ccc4c(S(=O)(=O)[O-])cc(S(=O)(=O)[O-])c(N)c4c3O)C(OC)=C2)C=CC1=NN=C1C=Cc2c(S(=O)(=O)[O-])cc(S(=O)(=O)[O-])c(N)c2C1=O.[Na+].[Na+].[Na+].[Na+]. The van der Waals surface area contributed by atoms with Gasteiger partial charge in [-0.3, -0.25) is 10.2 Å². The molecule has 6 N–H and O–H groups in total. The molecule has 0 unspecified atom stereocenters. The molecule has 0 spiro atoms. The van der Waals surface area contributed by atoms with Crippen molar-refractivity contribution in [3.63, 3.8) is 0 Å². The molecular weight excluding hydrogens is 969 g/mol. The largest absolute Gasteiger partial charge is 1.00 e. The van der Waals surface area contributed by atoms with E-state index in [0.717, 1.165) is 24.3 Å². The molecule has 0 bridgehead atoms. The number of nitrogen functional groups attached to an aromatic ring is 2. The fraction of sp³-hybridized carbons (Fsp3) is 0.0588. The van der Waals surface area contributed by atoms with E-state index in [1.165, 1.54) is 32.4 Å². The maximum atomic E-state index is 13.3. The normalized spacial score (nSPS) is 18.0. The number of nitrogens with two attached hydrogens (primary N) is 2. The zero-order chi connectivity index (χ0) is 44.3. The quantitative estimate of drug-likeness (QED) is 0.0508. The van der Waals surface area contributed by atoms with E-state index in [-0.39, 0.29) is 153 Å². The van der Waals surface area contributed by atoms with Crippen molar-refractivity contribution in [1.82, 2.24) is 0 Å². The summed E-state index contributed by atoms with van der Waals surface area (Å²) in [6.45, 7) is 0. The molecule has 0 radical (unpaired) electrons. The van der Waals surface area contributed by atoms with Crippen LogP contribution in [0.25, 0.3) is 16.8 Å². The summed E-state index contributed by atoms with van der Waals surface area (Å²) < 4.78 is 153. The number of phenols is 1. The molecule has 3 aliphatic carbocycles. The fourth-order valence-corrected chi connectivity index (χ4v) is 8.84. The van der Waals surface area contributed by atoms with Gasteiger partial charge in [-0.05, 0) is 59.7 Å². The first-order chi connectivity index (χ1) is 27.9. The summed E-state index contributed by atoms with van der Waals surface area (Å²) in [6.07, 6.45) is 11.1. The van der Waals surface area contributed by atoms with E-state index in [1.54, 1.807) is 18.2 Å². The predicted octanol–water partition coefficient (Wildman–Crippen LogP) is -10.7. The van der Waals surface area contributed by atoms with Crippen LogP contribution in [0, 0.1) is 0 Å². The number of nitrogens with one attached hydrogen (secondary N) is 1. The Morgan fingerprint density at radius 2 is 1.06 bits per heavy atom. The second-order valence-corrected chi connectivity index (χ2v) is 17.7. The van der Waals surface area contributed by atoms with E-state index in [2.05, 4.69) is 20.7 Å². The van der Waals surface area contributed by atoms with Crippen molar-refractivity contribution < 1.29 is 189 Å². The van der Waals surface area contributed by atoms with Crippen LogP contribution in [0.5, 0.6) is 5.75 Å². The number of carbonyl (C=O) groups is 1. The maximum Gasteiger partial charge on any atom is 1.00 e. The van der Waals surface area contributed by atoms with Crippen LogP contribution < -0.4 is 135 Å². The van der Waals surface area contributed by atoms with Crippen LogP contribution in [0.3, 0.4) is 0 Å². The molecule has 0 saturated heterocycles. The monoisotopic (exact) mass is 992 g/mol. The summed E-state index contributed by atoms with van der Waals surface area (Å²) in [5.74, 6) is -1.71. The number of rotatable bonds is 9. The van der Waals surface area contributed by atoms with E-state index in [1.807, 2.05) is 0 Å². The van der Waals surface area contributed by atoms with Gasteiger partial charge in [0.05, 0.1) is 61.8 Å². The number of aromatic hydroxyl groups is 1. The molecule has 3 aromatic carbocycles. The first-order valence-electron chi connectivity index (χ1n) is 16.1. The predicted molar refractivity (Wildman–Crippen MR) is 208 cm³/mol. The molecular formula is C34H24N6Na4O16S4. The number of fused-ring (bicyclic) bond motifs is 2. The zero-order valence-corrected chi connectivity index (χ0v) is 45.4. The minimum atomic E-state index is -5.43. The van der Waals surface area contributed by atoms with Crippen LogP contribution in [0.1, 0.15) is 15.9 Å². The number of Topliss-reactive ketones (excluding diaryl/α,β-unsaturated/α-hetero) is 1. The topological polar surface area (TPSA) is 386 Å². The van der Waals surface area contributed by atoms with Crippen LogP contribution in [0.2, 0.25) is 0 Å². The van der Waals surface area contributed by atoms with Gasteiger partial charge in [0.2, 0.25) is 5.78 Å². The number of benzene rings is 3. The molecule has 0 aliphatic heterocycles. The molecule has 3 aromatic rings. The third-order valence-electron chi connectivity index (χ3n) is 8.77. The third kappa shape index (κ3) is 11.8. The number of anilines is 3. The van der Waals surface area contributed by atoms with E-state index >= 15 is 0 Å². The molecule has 3 aliphatic rings. The molecule has 0 heterocycles. The Balaban J connectivity index is 0.00000352. The van der Waals surface area contributed by atoms with E-state index in [9.17, 15) is 61.8 Å². The average molecular weight is 993 g/mol. The van der Waals surface area contributed by atoms with Gasteiger partial charge in [-0.1, -0.05) is 24.3 Å². The first-order valence-corrected chi connectivity index (χ1v) is 21.7. The molecule has 22 nitrogen and oxygen atoms in total. The number of hydrogen-bond acceptors (Lipinski definition) is 22. The standard InChI is InChI=1S/C34H28N6O16S4.4Na/c1-55-23-11-15(3-7-19(23)37-39-21-9-5-17-25(57(43,44)45)13-27(59(49,50)51)31(35)29(17)33(21)41)16-4-8-20(24(12-16)56-2)38-40-22-10-6-18-26(58(46,47)48)14-28(60(52,53)54)32(36)30(18)34(22)42;;;;/h3-14,39,41H,35-36H2,1-2H3,(H,43,44,45)(H,46,47,48)(H,49,50,51)(H,52,53,54);;;;/q;4*+1/p-4. The summed E-state index contributed by atoms with van der Waals surface area (Å²) in [5.41, 5.74) is 11.7. The number of methoxy groups -OCH3 is 2. The number of hydrazone groups is 1. The van der Waals surface area contributed by atoms with Crippen molar-refractivity contribution in [3.05, 3.63) is 101 Å². The number of ether oxygens (including phenoxy) is 2. The van der Waals surface area contributed by atoms with Gasteiger partial charge in [0.25, 0.3) is 0 Å². The zero-order valence-electron chi connectivity index (χ0n) is 34.1. The van der Waals surface area contributed by atoms with Gasteiger partial charge >= 0.3 is 118 Å². The summed E-state index contributed by atoms with van der Waals surface area (Å²) in [7, 11) is -19.0. The molecule has 6 rings (SSSR count). The second kappa shape index (κ2) is 21.6. The van der Waals surface area contributed by atoms with Crippen molar-refractivity contribution in [2.75, 3.05) is 31.1 Å². The molecule has 0 saturated carbocycles. The van der Waals surface area contributed by atoms with Gasteiger partial charge in [-0.15, -0.1) is 10.2 Å². The van der Waals surface area contributed by atoms with Crippen LogP contribution >= 0.6 is 0 Å². The minimum Gasteiger partial charge on any atom is -0.744 e. The summed E-state index contributed by atoms with van der Waals surface area (Å²) >= 11 is 0. The van der Waals surface area contributed by atoms with Crippen LogP contribution in [0.15, 0.2) is 124 Å². The van der Waals surface area contributed by atoms with Gasteiger partial charge in [-0.2, -0.15) is 5.10 Å². The van der Waals surface area contributed by atoms with Crippen molar-refractivity contribution in [2.45, 2.75) is 19.6 Å². The van der Waals surface area contributed by atoms with E-state index in [4.69, 9.17) is 20.9 Å². The Labute approximate surface area is 453 Å². The van der Waals surface area contributed by atoms with Gasteiger partial charge in [0, 0.05) is 10.9 Å². The minimum absolute atomic E-state index is 0. The average Bonchev–Trinajstić information content (AvgIpc) is 3.15. The molecule has 30 heteroatoms.